The second-order valence-electron chi connectivity index (χ2n) is 4.04. The predicted molar refractivity (Wildman–Crippen MR) is 63.4 cm³/mol. The summed E-state index contributed by atoms with van der Waals surface area (Å²) >= 11 is 0. The van der Waals surface area contributed by atoms with Crippen LogP contribution in [-0.2, 0) is 0 Å². The number of benzene rings is 1. The largest absolute Gasteiger partial charge is 0.340 e. The lowest BCUT2D eigenvalue weighted by Gasteiger charge is -2.02. The fourth-order valence-corrected chi connectivity index (χ4v) is 1.89. The maximum Gasteiger partial charge on any atom is 0.115 e. The van der Waals surface area contributed by atoms with Gasteiger partial charge in [-0.25, -0.2) is 15.0 Å². The Morgan fingerprint density at radius 3 is 2.38 bits per heavy atom. The Bertz CT molecular complexity index is 697. The molecule has 0 spiro atoms. The van der Waals surface area contributed by atoms with E-state index in [1.807, 2.05) is 32.9 Å². The minimum atomic E-state index is 0.904. The fraction of sp³-hybridized carbons (Fsp3) is 0.250. The second-order valence-corrected chi connectivity index (χ2v) is 4.04. The normalized spacial score (nSPS) is 11.4. The first-order valence-electron chi connectivity index (χ1n) is 5.25. The molecular weight excluding hydrogens is 200 g/mol. The summed E-state index contributed by atoms with van der Waals surface area (Å²) < 4.78 is 0. The van der Waals surface area contributed by atoms with Gasteiger partial charge in [-0.05, 0) is 32.9 Å². The molecule has 1 N–H and O–H groups in total. The molecule has 4 nitrogen and oxygen atoms in total. The third kappa shape index (κ3) is 1.19. The van der Waals surface area contributed by atoms with E-state index in [1.165, 1.54) is 0 Å². The van der Waals surface area contributed by atoms with Crippen molar-refractivity contribution in [3.05, 3.63) is 29.3 Å². The topological polar surface area (TPSA) is 54.5 Å². The van der Waals surface area contributed by atoms with Crippen LogP contribution in [0, 0.1) is 20.8 Å². The molecule has 4 heteroatoms. The number of aryl methyl sites for hydroxylation is 3. The Balaban J connectivity index is 2.54. The van der Waals surface area contributed by atoms with Crippen LogP contribution in [0.4, 0.5) is 0 Å². The van der Waals surface area contributed by atoms with Crippen molar-refractivity contribution in [2.24, 2.45) is 0 Å². The van der Waals surface area contributed by atoms with Crippen molar-refractivity contribution in [2.75, 3.05) is 0 Å². The summed E-state index contributed by atoms with van der Waals surface area (Å²) in [6, 6.07) is 3.95. The number of nitrogens with one attached hydrogen (secondary N) is 1. The zero-order chi connectivity index (χ0) is 11.3. The van der Waals surface area contributed by atoms with Gasteiger partial charge in [-0.15, -0.1) is 0 Å². The Morgan fingerprint density at radius 1 is 0.875 bits per heavy atom. The van der Waals surface area contributed by atoms with Gasteiger partial charge in [-0.1, -0.05) is 0 Å². The lowest BCUT2D eigenvalue weighted by atomic mass is 10.2. The van der Waals surface area contributed by atoms with Crippen LogP contribution in [0.15, 0.2) is 12.1 Å². The first-order chi connectivity index (χ1) is 7.65. The molecule has 0 amide bonds. The van der Waals surface area contributed by atoms with Crippen LogP contribution >= 0.6 is 0 Å². The highest BCUT2D eigenvalue weighted by atomic mass is 14.9. The number of hydrogen-bond donors (Lipinski definition) is 1. The molecule has 2 aromatic heterocycles. The lowest BCUT2D eigenvalue weighted by Crippen LogP contribution is -1.93. The Morgan fingerprint density at radius 2 is 1.56 bits per heavy atom. The molecule has 0 fully saturated rings. The average Bonchev–Trinajstić information content (AvgIpc) is 2.61. The number of hydrogen-bond acceptors (Lipinski definition) is 3. The maximum absolute atomic E-state index is 4.58. The Hall–Kier alpha value is -1.97. The number of aromatic amines is 1. The molecule has 80 valence electrons. The molecule has 0 saturated carbocycles. The quantitative estimate of drug-likeness (QED) is 0.622. The number of aromatic nitrogens is 4. The molecule has 0 bridgehead atoms. The van der Waals surface area contributed by atoms with Crippen LogP contribution < -0.4 is 0 Å². The summed E-state index contributed by atoms with van der Waals surface area (Å²) in [4.78, 5) is 16.7. The third-order valence-corrected chi connectivity index (χ3v) is 2.82. The molecule has 1 aromatic carbocycles. The van der Waals surface area contributed by atoms with Crippen LogP contribution in [0.3, 0.4) is 0 Å². The zero-order valence-corrected chi connectivity index (χ0v) is 9.50. The van der Waals surface area contributed by atoms with Crippen LogP contribution in [0.25, 0.3) is 22.1 Å². The van der Waals surface area contributed by atoms with Crippen molar-refractivity contribution in [1.82, 2.24) is 19.9 Å². The molecular formula is C12H12N4. The number of nitrogens with zero attached hydrogens (tertiary/aromatic N) is 3. The van der Waals surface area contributed by atoms with Gasteiger partial charge >= 0.3 is 0 Å². The minimum Gasteiger partial charge on any atom is -0.340 e. The summed E-state index contributed by atoms with van der Waals surface area (Å²) in [6.07, 6.45) is 0. The molecule has 0 aliphatic heterocycles. The first-order valence-corrected chi connectivity index (χ1v) is 5.25. The Labute approximate surface area is 92.8 Å². The number of H-pyrrole nitrogens is 1. The molecule has 0 radical (unpaired) electrons. The van der Waals surface area contributed by atoms with Crippen molar-refractivity contribution in [1.29, 1.82) is 0 Å². The molecule has 3 rings (SSSR count). The number of rotatable bonds is 0. The SMILES string of the molecule is Cc1nc2ccc3nc(C)c(C)nc3c2[nH]1. The van der Waals surface area contributed by atoms with Crippen LogP contribution in [0.2, 0.25) is 0 Å². The van der Waals surface area contributed by atoms with E-state index < -0.39 is 0 Å². The molecule has 3 aromatic rings. The van der Waals surface area contributed by atoms with Crippen LogP contribution in [-0.4, -0.2) is 19.9 Å². The van der Waals surface area contributed by atoms with Gasteiger partial charge in [0.25, 0.3) is 0 Å². The van der Waals surface area contributed by atoms with E-state index in [-0.39, 0.29) is 0 Å². The monoisotopic (exact) mass is 212 g/mol. The second kappa shape index (κ2) is 3.01. The van der Waals surface area contributed by atoms with E-state index in [0.717, 1.165) is 39.3 Å². The summed E-state index contributed by atoms with van der Waals surface area (Å²) in [7, 11) is 0. The summed E-state index contributed by atoms with van der Waals surface area (Å²) in [5.41, 5.74) is 5.68. The summed E-state index contributed by atoms with van der Waals surface area (Å²) in [5, 5.41) is 0. The summed E-state index contributed by atoms with van der Waals surface area (Å²) in [5.74, 6) is 0.905. The van der Waals surface area contributed by atoms with Crippen molar-refractivity contribution in [2.45, 2.75) is 20.8 Å². The molecule has 0 saturated heterocycles. The average molecular weight is 212 g/mol. The van der Waals surface area contributed by atoms with Gasteiger partial charge in [0.1, 0.15) is 11.3 Å². The van der Waals surface area contributed by atoms with Crippen molar-refractivity contribution >= 4 is 22.1 Å². The van der Waals surface area contributed by atoms with Gasteiger partial charge in [0.05, 0.1) is 27.9 Å². The highest BCUT2D eigenvalue weighted by Crippen LogP contribution is 2.21. The lowest BCUT2D eigenvalue weighted by molar-refractivity contribution is 1.10. The van der Waals surface area contributed by atoms with Gasteiger partial charge in [0.15, 0.2) is 0 Å². The van der Waals surface area contributed by atoms with E-state index in [0.29, 0.717) is 0 Å². The maximum atomic E-state index is 4.58. The number of imidazole rings is 1. The minimum absolute atomic E-state index is 0.904. The van der Waals surface area contributed by atoms with Gasteiger partial charge in [-0.2, -0.15) is 0 Å². The molecule has 0 aliphatic carbocycles. The van der Waals surface area contributed by atoms with Gasteiger partial charge in [0.2, 0.25) is 0 Å². The van der Waals surface area contributed by atoms with E-state index in [9.17, 15) is 0 Å². The van der Waals surface area contributed by atoms with E-state index in [1.54, 1.807) is 0 Å². The van der Waals surface area contributed by atoms with Crippen molar-refractivity contribution < 1.29 is 0 Å². The van der Waals surface area contributed by atoms with Crippen LogP contribution in [0.1, 0.15) is 17.2 Å². The Kier molecular flexibility index (Phi) is 1.74. The first kappa shape index (κ1) is 9.27. The highest BCUT2D eigenvalue weighted by molar-refractivity contribution is 5.99. The standard InChI is InChI=1S/C12H12N4/c1-6-7(2)14-11-9(13-6)4-5-10-12(11)16-8(3)15-10/h4-5H,1-3H3,(H,15,16). The van der Waals surface area contributed by atoms with E-state index >= 15 is 0 Å². The van der Waals surface area contributed by atoms with E-state index in [4.69, 9.17) is 0 Å². The highest BCUT2D eigenvalue weighted by Gasteiger charge is 2.08. The third-order valence-electron chi connectivity index (χ3n) is 2.82. The van der Waals surface area contributed by atoms with Gasteiger partial charge in [-0.3, -0.25) is 0 Å². The molecule has 0 atom stereocenters. The molecule has 0 aliphatic rings. The number of fused-ring (bicyclic) bond motifs is 3. The van der Waals surface area contributed by atoms with Crippen molar-refractivity contribution in [3.63, 3.8) is 0 Å². The predicted octanol–water partition coefficient (Wildman–Crippen LogP) is 2.43. The van der Waals surface area contributed by atoms with Gasteiger partial charge in [0, 0.05) is 0 Å². The zero-order valence-electron chi connectivity index (χ0n) is 9.50. The summed E-state index contributed by atoms with van der Waals surface area (Å²) in [6.45, 7) is 5.90. The molecule has 2 heterocycles. The van der Waals surface area contributed by atoms with Crippen LogP contribution in [0.5, 0.6) is 0 Å². The smallest absolute Gasteiger partial charge is 0.115 e. The van der Waals surface area contributed by atoms with Crippen molar-refractivity contribution in [3.8, 4) is 0 Å². The fourth-order valence-electron chi connectivity index (χ4n) is 1.89. The van der Waals surface area contributed by atoms with E-state index in [2.05, 4.69) is 19.9 Å². The molecule has 0 unspecified atom stereocenters. The van der Waals surface area contributed by atoms with Gasteiger partial charge < -0.3 is 4.98 Å². The molecule has 16 heavy (non-hydrogen) atoms.